The minimum absolute atomic E-state index is 0. The molecule has 0 aromatic rings. The van der Waals surface area contributed by atoms with Crippen LogP contribution in [0, 0.1) is 6.20 Å². The van der Waals surface area contributed by atoms with Crippen molar-refractivity contribution in [2.24, 2.45) is 4.99 Å². The van der Waals surface area contributed by atoms with Crippen LogP contribution >= 0.6 is 0 Å². The molecular weight excluding hydrogens is 101 g/mol. The largest absolute Gasteiger partial charge is 0.467 e. The molecule has 1 nitrogen and oxygen atoms in total. The van der Waals surface area contributed by atoms with Gasteiger partial charge in [-0.3, -0.25) is 0 Å². The fraction of sp³-hybridized carbons (Fsp3) is 0. The van der Waals surface area contributed by atoms with Crippen LogP contribution in [0.5, 0.6) is 0 Å². The molecule has 0 spiro atoms. The minimum Gasteiger partial charge on any atom is -0.467 e. The Balaban J connectivity index is 0. The maximum absolute atomic E-state index is 3.12. The average molecular weight is 105 g/mol. The van der Waals surface area contributed by atoms with Crippen LogP contribution < -0.4 is 0 Å². The van der Waals surface area contributed by atoms with Crippen molar-refractivity contribution in [2.75, 3.05) is 0 Å². The van der Waals surface area contributed by atoms with E-state index in [1.165, 1.54) is 0 Å². The molecule has 0 aliphatic carbocycles. The molecule has 0 aromatic carbocycles. The van der Waals surface area contributed by atoms with Crippen molar-refractivity contribution in [3.05, 3.63) is 12.8 Å². The predicted molar refractivity (Wildman–Crippen MR) is 18.4 cm³/mol. The molecule has 0 fully saturated rings. The summed E-state index contributed by atoms with van der Waals surface area (Å²) in [5, 5.41) is 0. The van der Waals surface area contributed by atoms with Gasteiger partial charge in [-0.1, -0.05) is 0 Å². The van der Waals surface area contributed by atoms with Gasteiger partial charge in [0.2, 0.25) is 0 Å². The zero-order valence-corrected chi connectivity index (χ0v) is 4.21. The topological polar surface area (TPSA) is 12.4 Å². The van der Waals surface area contributed by atoms with Crippen molar-refractivity contribution < 1.29 is 18.6 Å². The maximum atomic E-state index is 3.12. The Labute approximate surface area is 43.7 Å². The SMILES string of the molecule is C=[C-]N=C.[V]. The van der Waals surface area contributed by atoms with Gasteiger partial charge in [-0.25, -0.2) is 0 Å². The van der Waals surface area contributed by atoms with Gasteiger partial charge in [0.25, 0.3) is 0 Å². The standard InChI is InChI=1S/C3H4N.V/c1-3-4-2;/h1-2H2;/q-1;. The quantitative estimate of drug-likeness (QED) is 0.342. The van der Waals surface area contributed by atoms with Crippen LogP contribution in [0.15, 0.2) is 11.6 Å². The molecule has 0 saturated carbocycles. The summed E-state index contributed by atoms with van der Waals surface area (Å²) in [6.45, 7) is 6.18. The van der Waals surface area contributed by atoms with Crippen molar-refractivity contribution in [3.8, 4) is 0 Å². The van der Waals surface area contributed by atoms with E-state index in [9.17, 15) is 0 Å². The van der Waals surface area contributed by atoms with Crippen LogP contribution in [0.4, 0.5) is 0 Å². The van der Waals surface area contributed by atoms with Gasteiger partial charge in [0, 0.05) is 18.6 Å². The van der Waals surface area contributed by atoms with Crippen LogP contribution in [-0.4, -0.2) is 6.72 Å². The zero-order chi connectivity index (χ0) is 3.41. The van der Waals surface area contributed by atoms with Gasteiger partial charge in [0.1, 0.15) is 0 Å². The van der Waals surface area contributed by atoms with Crippen LogP contribution in [0.3, 0.4) is 0 Å². The molecule has 0 aromatic heterocycles. The summed E-state index contributed by atoms with van der Waals surface area (Å²) in [5.41, 5.74) is 0. The molecule has 0 aliphatic heterocycles. The van der Waals surface area contributed by atoms with E-state index in [1.807, 2.05) is 0 Å². The van der Waals surface area contributed by atoms with Crippen molar-refractivity contribution in [1.82, 2.24) is 0 Å². The molecule has 0 unspecified atom stereocenters. The Hall–Kier alpha value is -0.00558. The smallest absolute Gasteiger partial charge is 0 e. The van der Waals surface area contributed by atoms with E-state index < -0.39 is 0 Å². The fourth-order valence-electron chi connectivity index (χ4n) is 0. The van der Waals surface area contributed by atoms with E-state index >= 15 is 0 Å². The van der Waals surface area contributed by atoms with E-state index in [0.29, 0.717) is 0 Å². The summed E-state index contributed by atoms with van der Waals surface area (Å²) >= 11 is 0. The summed E-state index contributed by atoms with van der Waals surface area (Å²) < 4.78 is 0. The number of nitrogens with zero attached hydrogens (tertiary/aromatic N) is 1. The predicted octanol–water partition coefficient (Wildman–Crippen LogP) is 0.631. The molecule has 0 heterocycles. The van der Waals surface area contributed by atoms with Crippen molar-refractivity contribution in [2.45, 2.75) is 0 Å². The van der Waals surface area contributed by atoms with Gasteiger partial charge in [-0.2, -0.15) is 19.5 Å². The number of rotatable bonds is 1. The van der Waals surface area contributed by atoms with E-state index in [2.05, 4.69) is 24.5 Å². The first-order valence-corrected chi connectivity index (χ1v) is 0.893. The third kappa shape index (κ3) is 16.1. The van der Waals surface area contributed by atoms with Crippen LogP contribution in [-0.2, 0) is 18.6 Å². The Morgan fingerprint density at radius 1 is 1.60 bits per heavy atom. The molecule has 5 heavy (non-hydrogen) atoms. The molecular formula is C3H4NV-. The van der Waals surface area contributed by atoms with Crippen molar-refractivity contribution in [3.63, 3.8) is 0 Å². The van der Waals surface area contributed by atoms with Gasteiger partial charge in [-0.15, -0.1) is 0 Å². The molecule has 0 amide bonds. The van der Waals surface area contributed by atoms with Crippen molar-refractivity contribution >= 4 is 6.72 Å². The van der Waals surface area contributed by atoms with Gasteiger partial charge in [-0.05, 0) is 0 Å². The molecule has 0 N–H and O–H groups in total. The third-order valence-electron chi connectivity index (χ3n) is 0.112. The van der Waals surface area contributed by atoms with Crippen LogP contribution in [0.2, 0.25) is 0 Å². The van der Waals surface area contributed by atoms with Gasteiger partial charge in [0.15, 0.2) is 0 Å². The summed E-state index contributed by atoms with van der Waals surface area (Å²) in [7, 11) is 0. The Morgan fingerprint density at radius 2 is 1.80 bits per heavy atom. The van der Waals surface area contributed by atoms with Crippen molar-refractivity contribution in [1.29, 1.82) is 0 Å². The van der Waals surface area contributed by atoms with E-state index in [-0.39, 0.29) is 18.6 Å². The van der Waals surface area contributed by atoms with Gasteiger partial charge < -0.3 is 4.99 Å². The first kappa shape index (κ1) is 8.89. The Bertz CT molecular complexity index is 27.9. The van der Waals surface area contributed by atoms with E-state index in [0.717, 1.165) is 0 Å². The molecule has 0 atom stereocenters. The first-order valence-electron chi connectivity index (χ1n) is 0.893. The second kappa shape index (κ2) is 9.00. The molecule has 0 aliphatic rings. The van der Waals surface area contributed by atoms with E-state index in [4.69, 9.17) is 0 Å². The molecule has 27 valence electrons. The summed E-state index contributed by atoms with van der Waals surface area (Å²) in [5.74, 6) is 0. The summed E-state index contributed by atoms with van der Waals surface area (Å²) in [4.78, 5) is 3.12. The minimum atomic E-state index is 0. The molecule has 2 heteroatoms. The second-order valence-electron chi connectivity index (χ2n) is 0.316. The molecule has 0 bridgehead atoms. The summed E-state index contributed by atoms with van der Waals surface area (Å²) in [6.07, 6.45) is 2.19. The number of hydrogen-bond acceptors (Lipinski definition) is 1. The second-order valence-corrected chi connectivity index (χ2v) is 0.316. The van der Waals surface area contributed by atoms with E-state index in [1.54, 1.807) is 0 Å². The molecule has 1 radical (unpaired) electrons. The number of hydrogen-bond donors (Lipinski definition) is 0. The summed E-state index contributed by atoms with van der Waals surface area (Å²) in [6, 6.07) is 0. The Morgan fingerprint density at radius 3 is 1.80 bits per heavy atom. The van der Waals surface area contributed by atoms with Crippen LogP contribution in [0.25, 0.3) is 0 Å². The normalized spacial score (nSPS) is 4.00. The monoisotopic (exact) mass is 105 g/mol. The zero-order valence-electron chi connectivity index (χ0n) is 2.81. The first-order chi connectivity index (χ1) is 1.91. The van der Waals surface area contributed by atoms with Gasteiger partial charge >= 0.3 is 0 Å². The maximum Gasteiger partial charge on any atom is 0 e. The Kier molecular flexibility index (Phi) is 16.0. The van der Waals surface area contributed by atoms with Gasteiger partial charge in [0.05, 0.1) is 0 Å². The molecule has 0 saturated heterocycles. The van der Waals surface area contributed by atoms with Crippen LogP contribution in [0.1, 0.15) is 0 Å². The number of aliphatic imine (C=N–C) groups is 1. The third-order valence-corrected chi connectivity index (χ3v) is 0.112. The average Bonchev–Trinajstić information content (AvgIpc) is 1.37. The molecule has 0 rings (SSSR count). The fourth-order valence-corrected chi connectivity index (χ4v) is 0.